The number of aliphatic hydroxyl groups is 2. The molecule has 0 saturated carbocycles. The Hall–Kier alpha value is -1.07. The number of rotatable bonds is 4. The van der Waals surface area contributed by atoms with Gasteiger partial charge in [0.15, 0.2) is 0 Å². The number of carbonyl (C=O) groups excluding carboxylic acids is 1. The van der Waals surface area contributed by atoms with E-state index >= 15 is 0 Å². The smallest absolute Gasteiger partial charge is 0.343 e. The van der Waals surface area contributed by atoms with Gasteiger partial charge in [-0.25, -0.2) is 4.79 Å². The molecule has 1 fully saturated rings. The van der Waals surface area contributed by atoms with Crippen LogP contribution in [0, 0.1) is 0 Å². The Morgan fingerprint density at radius 1 is 1.64 bits per heavy atom. The summed E-state index contributed by atoms with van der Waals surface area (Å²) in [6.07, 6.45) is -1.63. The van der Waals surface area contributed by atoms with Crippen molar-refractivity contribution in [3.05, 3.63) is 11.3 Å². The highest BCUT2D eigenvalue weighted by Crippen LogP contribution is 2.11. The van der Waals surface area contributed by atoms with Gasteiger partial charge in [0.25, 0.3) is 0 Å². The van der Waals surface area contributed by atoms with E-state index < -0.39 is 12.1 Å². The van der Waals surface area contributed by atoms with Crippen molar-refractivity contribution < 1.29 is 24.5 Å². The van der Waals surface area contributed by atoms with E-state index in [1.165, 1.54) is 0 Å². The second-order valence-electron chi connectivity index (χ2n) is 3.37. The van der Waals surface area contributed by atoms with Crippen molar-refractivity contribution in [2.24, 2.45) is 0 Å². The summed E-state index contributed by atoms with van der Waals surface area (Å²) >= 11 is 0. The minimum Gasteiger partial charge on any atom is -0.509 e. The van der Waals surface area contributed by atoms with Crippen LogP contribution in [0.25, 0.3) is 0 Å². The van der Waals surface area contributed by atoms with E-state index in [0.29, 0.717) is 12.2 Å². The Morgan fingerprint density at radius 2 is 2.21 bits per heavy atom. The SMILES string of the molecule is CC(C)=C(O)C(O)C(=O)OCC1CO1. The van der Waals surface area contributed by atoms with Crippen LogP contribution in [0.1, 0.15) is 13.8 Å². The number of hydrogen-bond donors (Lipinski definition) is 2. The van der Waals surface area contributed by atoms with Gasteiger partial charge in [-0.05, 0) is 19.4 Å². The van der Waals surface area contributed by atoms with E-state index in [1.54, 1.807) is 13.8 Å². The molecule has 2 unspecified atom stereocenters. The lowest BCUT2D eigenvalue weighted by Gasteiger charge is -2.10. The zero-order chi connectivity index (χ0) is 10.7. The van der Waals surface area contributed by atoms with Crippen LogP contribution in [0.2, 0.25) is 0 Å². The van der Waals surface area contributed by atoms with Crippen molar-refractivity contribution in [3.8, 4) is 0 Å². The van der Waals surface area contributed by atoms with Gasteiger partial charge in [-0.2, -0.15) is 0 Å². The third-order valence-corrected chi connectivity index (χ3v) is 1.81. The summed E-state index contributed by atoms with van der Waals surface area (Å²) in [5.74, 6) is -1.20. The standard InChI is InChI=1S/C9H14O5/c1-5(2)7(10)8(11)9(12)14-4-6-3-13-6/h6,8,10-11H,3-4H2,1-2H3. The van der Waals surface area contributed by atoms with E-state index in [1.807, 2.05) is 0 Å². The van der Waals surface area contributed by atoms with Crippen LogP contribution >= 0.6 is 0 Å². The van der Waals surface area contributed by atoms with Crippen molar-refractivity contribution in [2.75, 3.05) is 13.2 Å². The van der Waals surface area contributed by atoms with E-state index in [0.717, 1.165) is 0 Å². The highest BCUT2D eigenvalue weighted by molar-refractivity contribution is 5.77. The first-order valence-electron chi connectivity index (χ1n) is 4.35. The van der Waals surface area contributed by atoms with Crippen LogP contribution in [-0.2, 0) is 14.3 Å². The fraction of sp³-hybridized carbons (Fsp3) is 0.667. The maximum absolute atomic E-state index is 11.1. The molecule has 14 heavy (non-hydrogen) atoms. The predicted octanol–water partition coefficient (Wildman–Crippen LogP) is 0.141. The number of epoxide rings is 1. The van der Waals surface area contributed by atoms with Crippen molar-refractivity contribution in [2.45, 2.75) is 26.1 Å². The first-order chi connectivity index (χ1) is 6.52. The van der Waals surface area contributed by atoms with Crippen LogP contribution in [0.4, 0.5) is 0 Å². The molecular formula is C9H14O5. The normalized spacial score (nSPS) is 21.2. The maximum Gasteiger partial charge on any atom is 0.343 e. The van der Waals surface area contributed by atoms with Crippen molar-refractivity contribution in [1.29, 1.82) is 0 Å². The molecule has 0 aromatic heterocycles. The molecule has 0 aliphatic carbocycles. The number of esters is 1. The van der Waals surface area contributed by atoms with Gasteiger partial charge < -0.3 is 19.7 Å². The van der Waals surface area contributed by atoms with Gasteiger partial charge in [0.2, 0.25) is 6.10 Å². The lowest BCUT2D eigenvalue weighted by molar-refractivity contribution is -0.153. The Bertz CT molecular complexity index is 250. The topological polar surface area (TPSA) is 79.3 Å². The monoisotopic (exact) mass is 202 g/mol. The van der Waals surface area contributed by atoms with E-state index in [-0.39, 0.29) is 18.5 Å². The molecule has 2 atom stereocenters. The third kappa shape index (κ3) is 3.01. The number of allylic oxidation sites excluding steroid dienone is 1. The lowest BCUT2D eigenvalue weighted by atomic mass is 10.2. The molecule has 1 rings (SSSR count). The minimum absolute atomic E-state index is 0.0417. The zero-order valence-electron chi connectivity index (χ0n) is 8.19. The summed E-state index contributed by atoms with van der Waals surface area (Å²) in [6, 6.07) is 0. The molecular weight excluding hydrogens is 188 g/mol. The second-order valence-corrected chi connectivity index (χ2v) is 3.37. The van der Waals surface area contributed by atoms with Gasteiger partial charge in [0.05, 0.1) is 6.61 Å². The summed E-state index contributed by atoms with van der Waals surface area (Å²) < 4.78 is 9.50. The van der Waals surface area contributed by atoms with E-state index in [2.05, 4.69) is 0 Å². The molecule has 5 nitrogen and oxygen atoms in total. The highest BCUT2D eigenvalue weighted by Gasteiger charge is 2.27. The number of ether oxygens (including phenoxy) is 2. The highest BCUT2D eigenvalue weighted by atomic mass is 16.6. The fourth-order valence-electron chi connectivity index (χ4n) is 0.803. The largest absolute Gasteiger partial charge is 0.509 e. The van der Waals surface area contributed by atoms with Crippen LogP contribution < -0.4 is 0 Å². The molecule has 1 aliphatic rings. The van der Waals surface area contributed by atoms with Gasteiger partial charge in [-0.1, -0.05) is 0 Å². The average Bonchev–Trinajstić information content (AvgIpc) is 2.95. The van der Waals surface area contributed by atoms with Gasteiger partial charge in [-0.15, -0.1) is 0 Å². The molecule has 0 aromatic rings. The molecule has 0 radical (unpaired) electrons. The Balaban J connectivity index is 2.38. The first kappa shape index (κ1) is 11.0. The molecule has 0 aromatic carbocycles. The molecule has 0 amide bonds. The fourth-order valence-corrected chi connectivity index (χ4v) is 0.803. The van der Waals surface area contributed by atoms with Crippen molar-refractivity contribution >= 4 is 5.97 Å². The molecule has 1 heterocycles. The molecule has 5 heteroatoms. The van der Waals surface area contributed by atoms with Gasteiger partial charge in [-0.3, -0.25) is 0 Å². The summed E-state index contributed by atoms with van der Waals surface area (Å²) in [6.45, 7) is 3.90. The molecule has 0 spiro atoms. The summed E-state index contributed by atoms with van der Waals surface area (Å²) in [5, 5.41) is 18.5. The molecule has 80 valence electrons. The van der Waals surface area contributed by atoms with Crippen molar-refractivity contribution in [1.82, 2.24) is 0 Å². The Morgan fingerprint density at radius 3 is 2.64 bits per heavy atom. The van der Waals surface area contributed by atoms with Crippen LogP contribution in [0.5, 0.6) is 0 Å². The zero-order valence-corrected chi connectivity index (χ0v) is 8.19. The molecule has 2 N–H and O–H groups in total. The lowest BCUT2D eigenvalue weighted by Crippen LogP contribution is -2.27. The summed E-state index contributed by atoms with van der Waals surface area (Å²) in [4.78, 5) is 11.1. The van der Waals surface area contributed by atoms with Crippen LogP contribution in [-0.4, -0.2) is 41.6 Å². The number of aliphatic hydroxyl groups excluding tert-OH is 2. The number of carbonyl (C=O) groups is 1. The molecule has 1 aliphatic heterocycles. The average molecular weight is 202 g/mol. The van der Waals surface area contributed by atoms with Crippen LogP contribution in [0.15, 0.2) is 11.3 Å². The van der Waals surface area contributed by atoms with Gasteiger partial charge >= 0.3 is 5.97 Å². The van der Waals surface area contributed by atoms with E-state index in [4.69, 9.17) is 9.47 Å². The Kier molecular flexibility index (Phi) is 3.49. The quantitative estimate of drug-likeness (QED) is 0.385. The van der Waals surface area contributed by atoms with Crippen LogP contribution in [0.3, 0.4) is 0 Å². The predicted molar refractivity (Wildman–Crippen MR) is 47.7 cm³/mol. The third-order valence-electron chi connectivity index (χ3n) is 1.81. The summed E-state index contributed by atoms with van der Waals surface area (Å²) in [7, 11) is 0. The minimum atomic E-state index is -1.58. The second kappa shape index (κ2) is 4.43. The van der Waals surface area contributed by atoms with Gasteiger partial charge in [0.1, 0.15) is 18.5 Å². The maximum atomic E-state index is 11.1. The van der Waals surface area contributed by atoms with Crippen molar-refractivity contribution in [3.63, 3.8) is 0 Å². The summed E-state index contributed by atoms with van der Waals surface area (Å²) in [5.41, 5.74) is 0.483. The molecule has 1 saturated heterocycles. The number of hydrogen-bond acceptors (Lipinski definition) is 5. The first-order valence-corrected chi connectivity index (χ1v) is 4.35. The van der Waals surface area contributed by atoms with E-state index in [9.17, 15) is 15.0 Å². The Labute approximate surface area is 81.9 Å². The van der Waals surface area contributed by atoms with Gasteiger partial charge in [0, 0.05) is 0 Å². The molecule has 0 bridgehead atoms.